The number of thiophene rings is 4. The molecule has 12 rings (SSSR count). The van der Waals surface area contributed by atoms with Gasteiger partial charge in [0.25, 0.3) is 0 Å². The predicted octanol–water partition coefficient (Wildman–Crippen LogP) is 16.2. The Hall–Kier alpha value is -5.36. The normalized spacial score (nSPS) is 12.2. The molecule has 0 radical (unpaired) electrons. The summed E-state index contributed by atoms with van der Waals surface area (Å²) in [6.45, 7) is 0. The maximum absolute atomic E-state index is 2.45. The largest absolute Gasteiger partial charge is 0.135 e. The minimum Gasteiger partial charge on any atom is -0.135 e. The van der Waals surface area contributed by atoms with Crippen LogP contribution in [-0.2, 0) is 0 Å². The highest BCUT2D eigenvalue weighted by atomic mass is 32.1. The molecule has 4 heterocycles. The molecule has 242 valence electrons. The van der Waals surface area contributed by atoms with E-state index >= 15 is 0 Å². The molecular weight excluding hydrogens is 705 g/mol. The van der Waals surface area contributed by atoms with Crippen LogP contribution in [0.15, 0.2) is 158 Å². The number of rotatable bonds is 3. The maximum Gasteiger partial charge on any atom is 0.0434 e. The SMILES string of the molecule is c1ccc2c(c1)sc1cc(-c3ccc4sc5c(-c6ccc7c(c6)sc6ccccc67)cc(-c6ccc7c(c6)sc6ccccc67)cc5c4c3)ccc12. The molecule has 0 aliphatic carbocycles. The molecule has 12 aromatic rings. The summed E-state index contributed by atoms with van der Waals surface area (Å²) in [7, 11) is 0. The van der Waals surface area contributed by atoms with E-state index in [4.69, 9.17) is 0 Å². The van der Waals surface area contributed by atoms with Gasteiger partial charge < -0.3 is 0 Å². The molecule has 4 aromatic heterocycles. The van der Waals surface area contributed by atoms with Gasteiger partial charge in [-0.15, -0.1) is 45.3 Å². The van der Waals surface area contributed by atoms with Crippen molar-refractivity contribution in [3.63, 3.8) is 0 Å². The summed E-state index contributed by atoms with van der Waals surface area (Å²) in [6.07, 6.45) is 0. The Kier molecular flexibility index (Phi) is 6.23. The van der Waals surface area contributed by atoms with Crippen LogP contribution in [0.2, 0.25) is 0 Å². The third kappa shape index (κ3) is 4.36. The standard InChI is InChI=1S/C48H26S4/c1-4-10-41-32(7-1)35-17-13-28(24-45(35)49-41)27-16-20-44-39(21-27)40-23-31(29-14-18-36-33-8-2-5-11-42(33)50-46(36)25-29)22-38(48(40)52-44)30-15-19-37-34-9-3-6-12-43(34)51-47(37)26-30/h1-26H. The first-order chi connectivity index (χ1) is 25.7. The second-order valence-corrected chi connectivity index (χ2v) is 17.9. The highest BCUT2D eigenvalue weighted by molar-refractivity contribution is 7.27. The maximum atomic E-state index is 2.45. The van der Waals surface area contributed by atoms with Crippen LogP contribution in [0.3, 0.4) is 0 Å². The lowest BCUT2D eigenvalue weighted by Crippen LogP contribution is -1.84. The summed E-state index contributed by atoms with van der Waals surface area (Å²) in [6, 6.07) is 59.4. The van der Waals surface area contributed by atoms with Gasteiger partial charge in [0.05, 0.1) is 0 Å². The molecule has 52 heavy (non-hydrogen) atoms. The van der Waals surface area contributed by atoms with E-state index in [1.807, 2.05) is 45.3 Å². The molecule has 0 bridgehead atoms. The number of hydrogen-bond acceptors (Lipinski definition) is 4. The van der Waals surface area contributed by atoms with E-state index in [1.165, 1.54) is 114 Å². The summed E-state index contributed by atoms with van der Waals surface area (Å²) in [5, 5.41) is 10.7. The van der Waals surface area contributed by atoms with Gasteiger partial charge in [-0.1, -0.05) is 97.1 Å². The van der Waals surface area contributed by atoms with Crippen molar-refractivity contribution < 1.29 is 0 Å². The van der Waals surface area contributed by atoms with E-state index in [9.17, 15) is 0 Å². The van der Waals surface area contributed by atoms with E-state index in [0.717, 1.165) is 0 Å². The fraction of sp³-hybridized carbons (Fsp3) is 0. The molecule has 0 aliphatic heterocycles. The van der Waals surface area contributed by atoms with Crippen LogP contribution >= 0.6 is 45.3 Å². The second kappa shape index (κ2) is 11.1. The monoisotopic (exact) mass is 730 g/mol. The van der Waals surface area contributed by atoms with E-state index in [1.54, 1.807) is 0 Å². The smallest absolute Gasteiger partial charge is 0.0434 e. The van der Waals surface area contributed by atoms with Crippen LogP contribution in [0.5, 0.6) is 0 Å². The van der Waals surface area contributed by atoms with Crippen molar-refractivity contribution in [2.45, 2.75) is 0 Å². The van der Waals surface area contributed by atoms with Gasteiger partial charge in [0, 0.05) is 86.3 Å². The average Bonchev–Trinajstić information content (AvgIpc) is 3.96. The third-order valence-corrected chi connectivity index (χ3v) is 15.3. The molecule has 0 N–H and O–H groups in total. The Balaban J connectivity index is 1.09. The minimum absolute atomic E-state index is 1.26. The molecule has 0 fully saturated rings. The zero-order chi connectivity index (χ0) is 33.9. The Labute approximate surface area is 315 Å². The third-order valence-electron chi connectivity index (χ3n) is 10.7. The van der Waals surface area contributed by atoms with Crippen LogP contribution < -0.4 is 0 Å². The zero-order valence-electron chi connectivity index (χ0n) is 27.6. The van der Waals surface area contributed by atoms with Crippen LogP contribution in [0.1, 0.15) is 0 Å². The van der Waals surface area contributed by atoms with Gasteiger partial charge >= 0.3 is 0 Å². The first-order valence-electron chi connectivity index (χ1n) is 17.5. The summed E-state index contributed by atoms with van der Waals surface area (Å²) in [5.74, 6) is 0. The summed E-state index contributed by atoms with van der Waals surface area (Å²) >= 11 is 7.58. The highest BCUT2D eigenvalue weighted by Crippen LogP contribution is 2.47. The number of benzene rings is 8. The summed E-state index contributed by atoms with van der Waals surface area (Å²) in [4.78, 5) is 0. The molecule has 0 saturated heterocycles. The summed E-state index contributed by atoms with van der Waals surface area (Å²) < 4.78 is 10.7. The van der Waals surface area contributed by atoms with Crippen molar-refractivity contribution in [2.75, 3.05) is 0 Å². The molecule has 0 aliphatic rings. The second-order valence-electron chi connectivity index (χ2n) is 13.6. The van der Waals surface area contributed by atoms with Crippen LogP contribution in [0.4, 0.5) is 0 Å². The fourth-order valence-corrected chi connectivity index (χ4v) is 12.8. The molecule has 0 atom stereocenters. The lowest BCUT2D eigenvalue weighted by atomic mass is 9.94. The van der Waals surface area contributed by atoms with Crippen molar-refractivity contribution in [1.29, 1.82) is 0 Å². The number of fused-ring (bicyclic) bond motifs is 12. The van der Waals surface area contributed by atoms with Crippen molar-refractivity contribution >= 4 is 126 Å². The Morgan fingerprint density at radius 1 is 0.231 bits per heavy atom. The van der Waals surface area contributed by atoms with Crippen LogP contribution in [0, 0.1) is 0 Å². The van der Waals surface area contributed by atoms with E-state index in [-0.39, 0.29) is 0 Å². The average molecular weight is 731 g/mol. The highest BCUT2D eigenvalue weighted by Gasteiger charge is 2.17. The Morgan fingerprint density at radius 2 is 0.635 bits per heavy atom. The van der Waals surface area contributed by atoms with E-state index in [0.29, 0.717) is 0 Å². The molecule has 0 amide bonds. The van der Waals surface area contributed by atoms with Crippen LogP contribution in [0.25, 0.3) is 114 Å². The van der Waals surface area contributed by atoms with E-state index < -0.39 is 0 Å². The zero-order valence-corrected chi connectivity index (χ0v) is 30.9. The topological polar surface area (TPSA) is 0 Å². The molecule has 4 heteroatoms. The van der Waals surface area contributed by atoms with Crippen molar-refractivity contribution in [3.8, 4) is 33.4 Å². The van der Waals surface area contributed by atoms with Crippen molar-refractivity contribution in [1.82, 2.24) is 0 Å². The molecule has 0 spiro atoms. The van der Waals surface area contributed by atoms with Gasteiger partial charge in [-0.25, -0.2) is 0 Å². The van der Waals surface area contributed by atoms with Crippen molar-refractivity contribution in [3.05, 3.63) is 158 Å². The molecule has 0 saturated carbocycles. The Morgan fingerprint density at radius 3 is 1.21 bits per heavy atom. The minimum atomic E-state index is 1.26. The van der Waals surface area contributed by atoms with Gasteiger partial charge in [-0.3, -0.25) is 0 Å². The molecule has 0 nitrogen and oxygen atoms in total. The van der Waals surface area contributed by atoms with Gasteiger partial charge in [0.2, 0.25) is 0 Å². The van der Waals surface area contributed by atoms with Gasteiger partial charge in [-0.05, 0) is 88.5 Å². The fourth-order valence-electron chi connectivity index (χ4n) is 8.14. The Bertz CT molecular complexity index is 3420. The van der Waals surface area contributed by atoms with E-state index in [2.05, 4.69) is 158 Å². The predicted molar refractivity (Wildman–Crippen MR) is 234 cm³/mol. The molecule has 8 aromatic carbocycles. The lowest BCUT2D eigenvalue weighted by Gasteiger charge is -2.10. The van der Waals surface area contributed by atoms with Gasteiger partial charge in [-0.2, -0.15) is 0 Å². The van der Waals surface area contributed by atoms with Crippen molar-refractivity contribution in [2.24, 2.45) is 0 Å². The van der Waals surface area contributed by atoms with Crippen LogP contribution in [-0.4, -0.2) is 0 Å². The first kappa shape index (κ1) is 29.2. The summed E-state index contributed by atoms with van der Waals surface area (Å²) in [5.41, 5.74) is 7.62. The van der Waals surface area contributed by atoms with Gasteiger partial charge in [0.15, 0.2) is 0 Å². The quantitative estimate of drug-likeness (QED) is 0.170. The van der Waals surface area contributed by atoms with Gasteiger partial charge in [0.1, 0.15) is 0 Å². The first-order valence-corrected chi connectivity index (χ1v) is 20.7. The number of hydrogen-bond donors (Lipinski definition) is 0. The molecule has 0 unspecified atom stereocenters. The molecular formula is C48H26S4. The lowest BCUT2D eigenvalue weighted by molar-refractivity contribution is 1.69.